The second kappa shape index (κ2) is 7.06. The smallest absolute Gasteiger partial charge is 0.161 e. The highest BCUT2D eigenvalue weighted by Gasteiger charge is 2.57. The molecule has 2 aliphatic rings. The lowest BCUT2D eigenvalue weighted by Gasteiger charge is -2.43. The van der Waals surface area contributed by atoms with E-state index in [9.17, 15) is 4.79 Å². The molecule has 3 N–H and O–H groups in total. The fourth-order valence-electron chi connectivity index (χ4n) is 5.02. The van der Waals surface area contributed by atoms with E-state index in [1.165, 1.54) is 5.56 Å². The molecule has 5 heteroatoms. The molecule has 29 heavy (non-hydrogen) atoms. The summed E-state index contributed by atoms with van der Waals surface area (Å²) < 4.78 is 5.79. The van der Waals surface area contributed by atoms with Crippen molar-refractivity contribution in [2.75, 3.05) is 30.8 Å². The number of nitrogens with zero attached hydrogens (tertiary/aromatic N) is 1. The number of nitrogen functional groups attached to an aromatic ring is 1. The van der Waals surface area contributed by atoms with Crippen molar-refractivity contribution < 1.29 is 9.53 Å². The number of Topliss-reactive ketones (excluding diaryl/α,β-unsaturated/α-hetero) is 1. The minimum atomic E-state index is -0.473. The molecule has 0 saturated carbocycles. The van der Waals surface area contributed by atoms with Gasteiger partial charge in [0.05, 0.1) is 24.2 Å². The fourth-order valence-corrected chi connectivity index (χ4v) is 5.02. The van der Waals surface area contributed by atoms with Crippen LogP contribution in [0.5, 0.6) is 5.75 Å². The second-order valence-corrected chi connectivity index (χ2v) is 9.21. The van der Waals surface area contributed by atoms with Gasteiger partial charge in [0, 0.05) is 10.8 Å². The van der Waals surface area contributed by atoms with Crippen molar-refractivity contribution in [1.29, 1.82) is 0 Å². The lowest BCUT2D eigenvalue weighted by Crippen LogP contribution is -2.55. The van der Waals surface area contributed by atoms with Crippen LogP contribution in [0.4, 0.5) is 17.1 Å². The summed E-state index contributed by atoms with van der Waals surface area (Å²) in [6, 6.07) is 13.7. The van der Waals surface area contributed by atoms with E-state index >= 15 is 0 Å². The number of ether oxygens (including phenoxy) is 1. The zero-order valence-corrected chi connectivity index (χ0v) is 17.8. The maximum atomic E-state index is 14.0. The number of para-hydroxylation sites is 3. The first-order valence-corrected chi connectivity index (χ1v) is 10.4. The number of nitrogens with one attached hydrogen (secondary N) is 1. The lowest BCUT2D eigenvalue weighted by atomic mass is 9.65. The fraction of sp³-hybridized carbons (Fsp3) is 0.458. The summed E-state index contributed by atoms with van der Waals surface area (Å²) in [6.07, 6.45) is 1.81. The van der Waals surface area contributed by atoms with Crippen molar-refractivity contribution in [2.45, 2.75) is 45.1 Å². The van der Waals surface area contributed by atoms with Gasteiger partial charge >= 0.3 is 0 Å². The standard InChI is InChI=1S/C24H31N3O2/c1-23(2,3)22(28)21-24(12-14-26-15-13-24)16-8-7-11-19(29-4)20(16)27(21)18-10-6-5-9-17(18)25/h5-11,21,26H,12-15,25H2,1-4H3. The Kier molecular flexibility index (Phi) is 4.82. The van der Waals surface area contributed by atoms with Gasteiger partial charge in [-0.2, -0.15) is 0 Å². The number of hydrogen-bond acceptors (Lipinski definition) is 5. The first-order valence-electron chi connectivity index (χ1n) is 10.4. The monoisotopic (exact) mass is 393 g/mol. The first-order chi connectivity index (χ1) is 13.8. The number of carbonyl (C=O) groups is 1. The molecule has 154 valence electrons. The van der Waals surface area contributed by atoms with Crippen LogP contribution in [0.25, 0.3) is 0 Å². The quantitative estimate of drug-likeness (QED) is 0.771. The van der Waals surface area contributed by atoms with E-state index in [2.05, 4.69) is 16.3 Å². The van der Waals surface area contributed by atoms with Gasteiger partial charge in [-0.15, -0.1) is 0 Å². The Hall–Kier alpha value is -2.53. The lowest BCUT2D eigenvalue weighted by molar-refractivity contribution is -0.129. The molecule has 2 aromatic carbocycles. The summed E-state index contributed by atoms with van der Waals surface area (Å²) >= 11 is 0. The number of piperidine rings is 1. The number of hydrogen-bond donors (Lipinski definition) is 2. The van der Waals surface area contributed by atoms with Gasteiger partial charge in [0.1, 0.15) is 11.8 Å². The van der Waals surface area contributed by atoms with Crippen LogP contribution in [0.1, 0.15) is 39.2 Å². The molecule has 5 nitrogen and oxygen atoms in total. The molecular formula is C24H31N3O2. The molecule has 1 spiro atoms. The van der Waals surface area contributed by atoms with Crippen LogP contribution in [0.2, 0.25) is 0 Å². The zero-order chi connectivity index (χ0) is 20.8. The first kappa shape index (κ1) is 19.8. The van der Waals surface area contributed by atoms with Crippen molar-refractivity contribution >= 4 is 22.8 Å². The third-order valence-electron chi connectivity index (χ3n) is 6.46. The van der Waals surface area contributed by atoms with E-state index in [1.54, 1.807) is 7.11 Å². The van der Waals surface area contributed by atoms with E-state index < -0.39 is 5.41 Å². The van der Waals surface area contributed by atoms with Gasteiger partial charge in [0.2, 0.25) is 0 Å². The van der Waals surface area contributed by atoms with Crippen molar-refractivity contribution in [2.24, 2.45) is 5.41 Å². The third-order valence-corrected chi connectivity index (χ3v) is 6.46. The minimum Gasteiger partial charge on any atom is -0.495 e. The van der Waals surface area contributed by atoms with Crippen LogP contribution in [0.3, 0.4) is 0 Å². The number of ketones is 1. The molecule has 1 fully saturated rings. The van der Waals surface area contributed by atoms with E-state index in [0.717, 1.165) is 43.1 Å². The highest BCUT2D eigenvalue weighted by atomic mass is 16.5. The highest BCUT2D eigenvalue weighted by Crippen LogP contribution is 2.58. The number of anilines is 3. The van der Waals surface area contributed by atoms with E-state index in [-0.39, 0.29) is 17.2 Å². The molecular weight excluding hydrogens is 362 g/mol. The Morgan fingerprint density at radius 1 is 1.14 bits per heavy atom. The predicted octanol–water partition coefficient (Wildman–Crippen LogP) is 4.03. The van der Waals surface area contributed by atoms with Gasteiger partial charge in [-0.05, 0) is 49.7 Å². The molecule has 1 unspecified atom stereocenters. The molecule has 0 bridgehead atoms. The summed E-state index contributed by atoms with van der Waals surface area (Å²) in [7, 11) is 1.69. The Morgan fingerprint density at radius 3 is 2.45 bits per heavy atom. The summed E-state index contributed by atoms with van der Waals surface area (Å²) in [5.41, 5.74) is 9.42. The number of nitrogens with two attached hydrogens (primary N) is 1. The normalized spacial score (nSPS) is 20.6. The summed E-state index contributed by atoms with van der Waals surface area (Å²) in [5, 5.41) is 3.47. The Balaban J connectivity index is 2.04. The summed E-state index contributed by atoms with van der Waals surface area (Å²) in [5.74, 6) is 1.02. The molecule has 2 aliphatic heterocycles. The zero-order valence-electron chi connectivity index (χ0n) is 17.8. The topological polar surface area (TPSA) is 67.6 Å². The molecule has 1 atom stereocenters. The van der Waals surface area contributed by atoms with Crippen molar-refractivity contribution in [3.63, 3.8) is 0 Å². The minimum absolute atomic E-state index is 0.237. The van der Waals surface area contributed by atoms with Crippen LogP contribution in [-0.4, -0.2) is 32.0 Å². The van der Waals surface area contributed by atoms with Crippen LogP contribution in [0.15, 0.2) is 42.5 Å². The largest absolute Gasteiger partial charge is 0.495 e. The highest BCUT2D eigenvalue weighted by molar-refractivity contribution is 6.00. The summed E-state index contributed by atoms with van der Waals surface area (Å²) in [4.78, 5) is 16.1. The maximum Gasteiger partial charge on any atom is 0.161 e. The molecule has 2 aromatic rings. The molecule has 0 aliphatic carbocycles. The second-order valence-electron chi connectivity index (χ2n) is 9.21. The predicted molar refractivity (Wildman–Crippen MR) is 118 cm³/mol. The molecule has 4 rings (SSSR count). The van der Waals surface area contributed by atoms with Crippen LogP contribution >= 0.6 is 0 Å². The Labute approximate surface area is 173 Å². The average molecular weight is 394 g/mol. The molecule has 0 aromatic heterocycles. The number of fused-ring (bicyclic) bond motifs is 2. The molecule has 0 amide bonds. The van der Waals surface area contributed by atoms with Gasteiger partial charge in [0.25, 0.3) is 0 Å². The van der Waals surface area contributed by atoms with Crippen LogP contribution in [0, 0.1) is 5.41 Å². The van der Waals surface area contributed by atoms with Crippen molar-refractivity contribution in [3.05, 3.63) is 48.0 Å². The van der Waals surface area contributed by atoms with Gasteiger partial charge in [-0.3, -0.25) is 4.79 Å². The van der Waals surface area contributed by atoms with Gasteiger partial charge in [0.15, 0.2) is 5.78 Å². The van der Waals surface area contributed by atoms with Gasteiger partial charge in [-0.1, -0.05) is 45.0 Å². The number of benzene rings is 2. The van der Waals surface area contributed by atoms with E-state index in [4.69, 9.17) is 10.5 Å². The van der Waals surface area contributed by atoms with Crippen LogP contribution < -0.4 is 20.7 Å². The van der Waals surface area contributed by atoms with Gasteiger partial charge in [-0.25, -0.2) is 0 Å². The molecule has 1 saturated heterocycles. The molecule has 2 heterocycles. The summed E-state index contributed by atoms with van der Waals surface area (Å²) in [6.45, 7) is 7.82. The van der Waals surface area contributed by atoms with Crippen molar-refractivity contribution in [3.8, 4) is 5.75 Å². The number of methoxy groups -OCH3 is 1. The van der Waals surface area contributed by atoms with Crippen molar-refractivity contribution in [1.82, 2.24) is 5.32 Å². The average Bonchev–Trinajstić information content (AvgIpc) is 2.97. The SMILES string of the molecule is COc1cccc2c1N(c1ccccc1N)C(C(=O)C(C)(C)C)C21CCNCC1. The van der Waals surface area contributed by atoms with E-state index in [1.807, 2.05) is 57.2 Å². The number of rotatable bonds is 3. The Bertz CT molecular complexity index is 926. The van der Waals surface area contributed by atoms with E-state index in [0.29, 0.717) is 5.69 Å². The van der Waals surface area contributed by atoms with Crippen LogP contribution in [-0.2, 0) is 10.2 Å². The third kappa shape index (κ3) is 2.99. The van der Waals surface area contributed by atoms with Gasteiger partial charge < -0.3 is 20.7 Å². The molecule has 0 radical (unpaired) electrons. The Morgan fingerprint density at radius 2 is 1.83 bits per heavy atom. The number of carbonyl (C=O) groups excluding carboxylic acids is 1. The maximum absolute atomic E-state index is 14.0.